The molecule has 0 spiro atoms. The fourth-order valence-electron chi connectivity index (χ4n) is 3.27. The van der Waals surface area contributed by atoms with Crippen LogP contribution in [0.25, 0.3) is 10.8 Å². The van der Waals surface area contributed by atoms with Crippen molar-refractivity contribution in [2.75, 3.05) is 5.32 Å². The summed E-state index contributed by atoms with van der Waals surface area (Å²) in [4.78, 5) is 15.2. The Balaban J connectivity index is 0.00000576. The van der Waals surface area contributed by atoms with Gasteiger partial charge >= 0.3 is 10.4 Å². The highest BCUT2D eigenvalue weighted by molar-refractivity contribution is 8.04. The second-order valence-electron chi connectivity index (χ2n) is 7.74. The first kappa shape index (κ1) is 36.9. The van der Waals surface area contributed by atoms with Crippen LogP contribution in [-0.4, -0.2) is 56.7 Å². The van der Waals surface area contributed by atoms with Gasteiger partial charge in [0.05, 0.1) is 33.2 Å². The number of thioether (sulfide) groups is 1. The van der Waals surface area contributed by atoms with Crippen LogP contribution in [0.1, 0.15) is 0 Å². The van der Waals surface area contributed by atoms with E-state index in [-0.39, 0.29) is 54.7 Å². The van der Waals surface area contributed by atoms with E-state index in [1.165, 1.54) is 18.2 Å². The summed E-state index contributed by atoms with van der Waals surface area (Å²) in [6, 6.07) is 9.41. The van der Waals surface area contributed by atoms with Crippen molar-refractivity contribution < 1.29 is 60.4 Å². The summed E-state index contributed by atoms with van der Waals surface area (Å²) >= 11 is 12.9. The molecule has 0 unspecified atom stereocenters. The SMILES string of the molecule is O.O=S(=O)(O)OOC#CSc1ccc(N=Nc2c(SOOO)cc3cc(S(=O)(=O)O)cc(Nc4nc(Cl)nc(Cl)n4)c3c2O)cc1. The van der Waals surface area contributed by atoms with E-state index in [1.807, 2.05) is 6.11 Å². The molecule has 244 valence electrons. The first-order chi connectivity index (χ1) is 21.2. The third-order valence-electron chi connectivity index (χ3n) is 4.88. The van der Waals surface area contributed by atoms with E-state index in [9.17, 15) is 26.5 Å². The lowest BCUT2D eigenvalue weighted by atomic mass is 10.1. The van der Waals surface area contributed by atoms with Crippen molar-refractivity contribution in [3.63, 3.8) is 0 Å². The summed E-state index contributed by atoms with van der Waals surface area (Å²) in [6.45, 7) is 0. The second-order valence-corrected chi connectivity index (χ2v) is 12.5. The van der Waals surface area contributed by atoms with Crippen LogP contribution in [0.4, 0.5) is 23.0 Å². The van der Waals surface area contributed by atoms with Gasteiger partial charge in [0.15, 0.2) is 11.9 Å². The summed E-state index contributed by atoms with van der Waals surface area (Å²) in [5.41, 5.74) is -0.112. The molecule has 0 saturated carbocycles. The molecule has 19 nitrogen and oxygen atoms in total. The molecule has 7 N–H and O–H groups in total. The Labute approximate surface area is 275 Å². The maximum absolute atomic E-state index is 12.0. The molecule has 1 aromatic heterocycles. The molecule has 0 radical (unpaired) electrons. The van der Waals surface area contributed by atoms with Crippen LogP contribution in [0, 0.1) is 11.4 Å². The minimum Gasteiger partial charge on any atom is -0.505 e. The fourth-order valence-corrected chi connectivity index (χ4v) is 5.25. The minimum atomic E-state index is -4.81. The molecule has 0 aliphatic rings. The highest BCUT2D eigenvalue weighted by Crippen LogP contribution is 2.47. The van der Waals surface area contributed by atoms with E-state index < -0.39 is 31.2 Å². The summed E-state index contributed by atoms with van der Waals surface area (Å²) in [7, 11) is -9.59. The van der Waals surface area contributed by atoms with Crippen molar-refractivity contribution >= 4 is 101 Å². The van der Waals surface area contributed by atoms with Gasteiger partial charge in [-0.3, -0.25) is 14.0 Å². The van der Waals surface area contributed by atoms with Crippen molar-refractivity contribution in [2.24, 2.45) is 10.2 Å². The summed E-state index contributed by atoms with van der Waals surface area (Å²) in [5, 5.41) is 36.2. The van der Waals surface area contributed by atoms with Crippen molar-refractivity contribution in [3.05, 3.63) is 53.0 Å². The summed E-state index contributed by atoms with van der Waals surface area (Å²) in [5.74, 6) is -0.822. The Kier molecular flexibility index (Phi) is 12.7. The number of phenolic OH excluding ortho intramolecular Hbond substituents is 1. The summed E-state index contributed by atoms with van der Waals surface area (Å²) in [6.07, 6.45) is 1.90. The second kappa shape index (κ2) is 15.8. The standard InChI is InChI=1S/C21H12Cl2N6O12S4.H2O/c22-19-25-20(23)27-21(26-19)24-14-9-13(44(32,33)34)7-10-8-15(43-40-39-31)17(18(30)16(10)14)29-28-11-1-3-12(4-2-11)42-6-5-38-41-45(35,36)37;/h1-4,7-9,30-31H,(H,32,33,34)(H,35,36,37)(H,24,25,26,27);1H2. The molecule has 0 aliphatic heterocycles. The Morgan fingerprint density at radius 3 is 2.24 bits per heavy atom. The number of nitrogens with zero attached hydrogens (tertiary/aromatic N) is 5. The van der Waals surface area contributed by atoms with Crippen LogP contribution in [0.15, 0.2) is 67.4 Å². The van der Waals surface area contributed by atoms with Crippen molar-refractivity contribution in [3.8, 4) is 17.1 Å². The van der Waals surface area contributed by atoms with Crippen molar-refractivity contribution in [1.29, 1.82) is 0 Å². The zero-order valence-electron chi connectivity index (χ0n) is 21.7. The number of hydrogen-bond donors (Lipinski definition) is 5. The molecular formula is C21H14Cl2N6O13S4. The largest absolute Gasteiger partial charge is 0.505 e. The number of rotatable bonds is 11. The average molecular weight is 758 g/mol. The van der Waals surface area contributed by atoms with Gasteiger partial charge in [-0.05, 0) is 87.1 Å². The third-order valence-corrected chi connectivity index (χ3v) is 7.60. The number of aromatic hydroxyl groups is 1. The van der Waals surface area contributed by atoms with Crippen LogP contribution in [0.5, 0.6) is 5.75 Å². The smallest absolute Gasteiger partial charge is 0.433 e. The number of phenols is 1. The van der Waals surface area contributed by atoms with Gasteiger partial charge in [0.25, 0.3) is 10.1 Å². The molecule has 0 saturated heterocycles. The number of hydrogen-bond acceptors (Lipinski definition) is 18. The monoisotopic (exact) mass is 756 g/mol. The van der Waals surface area contributed by atoms with Gasteiger partial charge in [0.2, 0.25) is 16.5 Å². The number of nitrogens with one attached hydrogen (secondary N) is 1. The molecule has 4 rings (SSSR count). The Hall–Kier alpha value is -3.61. The molecule has 1 heterocycles. The molecule has 0 fully saturated rings. The number of halogens is 2. The minimum absolute atomic E-state index is 0. The first-order valence-electron chi connectivity index (χ1n) is 11.0. The molecule has 3 aromatic carbocycles. The first-order valence-corrected chi connectivity index (χ1v) is 16.2. The predicted molar refractivity (Wildman–Crippen MR) is 161 cm³/mol. The maximum Gasteiger partial charge on any atom is 0.433 e. The van der Waals surface area contributed by atoms with Crippen molar-refractivity contribution in [2.45, 2.75) is 14.7 Å². The Morgan fingerprint density at radius 1 is 0.957 bits per heavy atom. The molecule has 46 heavy (non-hydrogen) atoms. The number of benzene rings is 3. The van der Waals surface area contributed by atoms with Crippen molar-refractivity contribution in [1.82, 2.24) is 15.0 Å². The van der Waals surface area contributed by atoms with Crippen LogP contribution in [0.2, 0.25) is 10.6 Å². The normalized spacial score (nSPS) is 11.6. The van der Waals surface area contributed by atoms with Gasteiger partial charge in [0, 0.05) is 15.5 Å². The van der Waals surface area contributed by atoms with Gasteiger partial charge < -0.3 is 15.9 Å². The highest BCUT2D eigenvalue weighted by Gasteiger charge is 2.22. The lowest BCUT2D eigenvalue weighted by Crippen LogP contribution is -2.03. The average Bonchev–Trinajstić information content (AvgIpc) is 2.94. The van der Waals surface area contributed by atoms with E-state index in [0.717, 1.165) is 23.9 Å². The fraction of sp³-hybridized carbons (Fsp3) is 0. The lowest BCUT2D eigenvalue weighted by Gasteiger charge is -2.15. The van der Waals surface area contributed by atoms with Gasteiger partial charge in [0.1, 0.15) is 5.69 Å². The van der Waals surface area contributed by atoms with Gasteiger partial charge in [-0.2, -0.15) is 36.9 Å². The van der Waals surface area contributed by atoms with Gasteiger partial charge in [-0.15, -0.1) is 9.45 Å². The van der Waals surface area contributed by atoms with Crippen LogP contribution >= 0.6 is 47.0 Å². The van der Waals surface area contributed by atoms with E-state index in [4.69, 9.17) is 33.0 Å². The third kappa shape index (κ3) is 10.2. The summed E-state index contributed by atoms with van der Waals surface area (Å²) < 4.78 is 71.1. The van der Waals surface area contributed by atoms with Crippen LogP contribution < -0.4 is 5.32 Å². The van der Waals surface area contributed by atoms with Gasteiger partial charge in [-0.1, -0.05) is 5.04 Å². The van der Waals surface area contributed by atoms with Crippen LogP contribution in [-0.2, 0) is 39.1 Å². The maximum atomic E-state index is 12.0. The molecule has 0 bridgehead atoms. The van der Waals surface area contributed by atoms with Crippen LogP contribution in [0.3, 0.4) is 0 Å². The van der Waals surface area contributed by atoms with E-state index in [2.05, 4.69) is 54.3 Å². The molecule has 0 aliphatic carbocycles. The quantitative estimate of drug-likeness (QED) is 0.0261. The number of anilines is 2. The van der Waals surface area contributed by atoms with Gasteiger partial charge in [-0.25, -0.2) is 5.26 Å². The zero-order chi connectivity index (χ0) is 32.8. The van der Waals surface area contributed by atoms with E-state index >= 15 is 0 Å². The highest BCUT2D eigenvalue weighted by atomic mass is 35.5. The number of azo groups is 1. The molecule has 0 atom stereocenters. The van der Waals surface area contributed by atoms with E-state index in [1.54, 1.807) is 12.1 Å². The number of fused-ring (bicyclic) bond motifs is 1. The zero-order valence-corrected chi connectivity index (χ0v) is 26.5. The topological polar surface area (TPSA) is 293 Å². The molecule has 0 amide bonds. The predicted octanol–water partition coefficient (Wildman–Crippen LogP) is 4.81. The molecular weight excluding hydrogens is 743 g/mol. The Morgan fingerprint density at radius 2 is 1.63 bits per heavy atom. The lowest BCUT2D eigenvalue weighted by molar-refractivity contribution is -0.432. The Bertz CT molecular complexity index is 2040. The number of aromatic nitrogens is 3. The molecule has 4 aromatic rings. The van der Waals surface area contributed by atoms with E-state index in [0.29, 0.717) is 16.9 Å². The molecule has 25 heteroatoms.